The van der Waals surface area contributed by atoms with Gasteiger partial charge in [-0.05, 0) is 69.8 Å². The molecule has 2 bridgehead atoms. The molecule has 4 rings (SSSR count). The van der Waals surface area contributed by atoms with E-state index >= 15 is 0 Å². The molecule has 7 heteroatoms. The van der Waals surface area contributed by atoms with Gasteiger partial charge in [-0.25, -0.2) is 8.42 Å². The van der Waals surface area contributed by atoms with Crippen molar-refractivity contribution in [3.8, 4) is 0 Å². The van der Waals surface area contributed by atoms with Gasteiger partial charge in [0.1, 0.15) is 0 Å². The molecule has 1 saturated carbocycles. The number of hydrogen-bond donors (Lipinski definition) is 2. The molecule has 2 aliphatic heterocycles. The first kappa shape index (κ1) is 17.8. The topological polar surface area (TPSA) is 78.5 Å². The van der Waals surface area contributed by atoms with Crippen molar-refractivity contribution in [2.24, 2.45) is 0 Å². The van der Waals surface area contributed by atoms with Crippen LogP contribution >= 0.6 is 0 Å². The lowest BCUT2D eigenvalue weighted by atomic mass is 9.82. The highest BCUT2D eigenvalue weighted by molar-refractivity contribution is 7.93. The standard InChI is InChI=1S/C19H27N3O3S/c1-22-16-3-2-4-17(22)12-15(11-16)20-19(23)13-5-7-14(8-6-13)21-26(24,25)18-9-10-18/h5-8,15-18,21H,2-4,9-12H2,1H3,(H,20,23)/t15?,16-,17+. The third kappa shape index (κ3) is 3.74. The predicted molar refractivity (Wildman–Crippen MR) is 102 cm³/mol. The van der Waals surface area contributed by atoms with Crippen molar-refractivity contribution in [1.82, 2.24) is 10.2 Å². The molecular formula is C19H27N3O3S. The maximum Gasteiger partial charge on any atom is 0.251 e. The molecule has 3 aliphatic rings. The summed E-state index contributed by atoms with van der Waals surface area (Å²) in [4.78, 5) is 15.0. The average molecular weight is 378 g/mol. The third-order valence-corrected chi connectivity index (χ3v) is 7.91. The molecule has 2 N–H and O–H groups in total. The number of nitrogens with zero attached hydrogens (tertiary/aromatic N) is 1. The minimum atomic E-state index is -3.27. The number of nitrogens with one attached hydrogen (secondary N) is 2. The Bertz CT molecular complexity index is 760. The first-order chi connectivity index (χ1) is 12.4. The average Bonchev–Trinajstić information content (AvgIpc) is 3.41. The number of piperidine rings is 2. The second kappa shape index (κ2) is 6.85. The van der Waals surface area contributed by atoms with Crippen LogP contribution in [-0.2, 0) is 10.0 Å². The second-order valence-electron chi connectivity index (χ2n) is 7.97. The van der Waals surface area contributed by atoms with Gasteiger partial charge in [-0.2, -0.15) is 0 Å². The molecule has 2 saturated heterocycles. The van der Waals surface area contributed by atoms with E-state index in [-0.39, 0.29) is 17.2 Å². The molecule has 26 heavy (non-hydrogen) atoms. The number of anilines is 1. The molecule has 1 unspecified atom stereocenters. The first-order valence-electron chi connectivity index (χ1n) is 9.57. The zero-order chi connectivity index (χ0) is 18.3. The van der Waals surface area contributed by atoms with Crippen LogP contribution < -0.4 is 10.0 Å². The summed E-state index contributed by atoms with van der Waals surface area (Å²) in [6.07, 6.45) is 7.21. The van der Waals surface area contributed by atoms with E-state index in [1.54, 1.807) is 24.3 Å². The SMILES string of the molecule is CN1[C@@H]2CCC[C@H]1CC(NC(=O)c1ccc(NS(=O)(=O)C3CC3)cc1)C2. The molecule has 1 aromatic carbocycles. The summed E-state index contributed by atoms with van der Waals surface area (Å²) in [6, 6.07) is 8.09. The van der Waals surface area contributed by atoms with E-state index in [1.807, 2.05) is 0 Å². The molecular weight excluding hydrogens is 350 g/mol. The summed E-state index contributed by atoms with van der Waals surface area (Å²) in [5, 5.41) is 2.92. The fourth-order valence-electron chi connectivity index (χ4n) is 4.32. The molecule has 1 aliphatic carbocycles. The molecule has 1 amide bonds. The van der Waals surface area contributed by atoms with Crippen LogP contribution in [0.3, 0.4) is 0 Å². The molecule has 3 fully saturated rings. The van der Waals surface area contributed by atoms with Crippen LogP contribution in [-0.4, -0.2) is 49.6 Å². The van der Waals surface area contributed by atoms with Gasteiger partial charge in [-0.3, -0.25) is 9.52 Å². The largest absolute Gasteiger partial charge is 0.349 e. The lowest BCUT2D eigenvalue weighted by Gasteiger charge is -2.47. The summed E-state index contributed by atoms with van der Waals surface area (Å²) in [6.45, 7) is 0. The quantitative estimate of drug-likeness (QED) is 0.826. The van der Waals surface area contributed by atoms with Crippen molar-refractivity contribution < 1.29 is 13.2 Å². The van der Waals surface area contributed by atoms with Crippen molar-refractivity contribution in [3.63, 3.8) is 0 Å². The maximum atomic E-state index is 12.6. The van der Waals surface area contributed by atoms with Gasteiger partial charge in [0.15, 0.2) is 0 Å². The zero-order valence-electron chi connectivity index (χ0n) is 15.1. The fourth-order valence-corrected chi connectivity index (χ4v) is 5.71. The Morgan fingerprint density at radius 2 is 1.65 bits per heavy atom. The molecule has 3 atom stereocenters. The van der Waals surface area contributed by atoms with E-state index in [0.717, 1.165) is 25.7 Å². The molecule has 0 radical (unpaired) electrons. The van der Waals surface area contributed by atoms with Gasteiger partial charge in [0, 0.05) is 29.4 Å². The third-order valence-electron chi connectivity index (χ3n) is 6.05. The Balaban J connectivity index is 1.36. The minimum absolute atomic E-state index is 0.0748. The molecule has 0 spiro atoms. The number of rotatable bonds is 5. The van der Waals surface area contributed by atoms with Crippen molar-refractivity contribution in [2.45, 2.75) is 68.3 Å². The zero-order valence-corrected chi connectivity index (χ0v) is 16.0. The monoisotopic (exact) mass is 377 g/mol. The van der Waals surface area contributed by atoms with Crippen LogP contribution in [0.25, 0.3) is 0 Å². The van der Waals surface area contributed by atoms with Crippen LogP contribution in [0.4, 0.5) is 5.69 Å². The van der Waals surface area contributed by atoms with Crippen LogP contribution in [0, 0.1) is 0 Å². The normalized spacial score (nSPS) is 29.2. The van der Waals surface area contributed by atoms with Crippen molar-refractivity contribution >= 4 is 21.6 Å². The van der Waals surface area contributed by atoms with E-state index in [0.29, 0.717) is 23.3 Å². The number of fused-ring (bicyclic) bond motifs is 2. The fraction of sp³-hybridized carbons (Fsp3) is 0.632. The van der Waals surface area contributed by atoms with E-state index in [2.05, 4.69) is 22.0 Å². The number of benzene rings is 1. The lowest BCUT2D eigenvalue weighted by molar-refractivity contribution is 0.0463. The number of carbonyl (C=O) groups is 1. The predicted octanol–water partition coefficient (Wildman–Crippen LogP) is 2.34. The molecule has 6 nitrogen and oxygen atoms in total. The van der Waals surface area contributed by atoms with Crippen molar-refractivity contribution in [1.29, 1.82) is 0 Å². The Morgan fingerprint density at radius 1 is 1.04 bits per heavy atom. The van der Waals surface area contributed by atoms with Crippen molar-refractivity contribution in [3.05, 3.63) is 29.8 Å². The van der Waals surface area contributed by atoms with E-state index in [4.69, 9.17) is 0 Å². The molecule has 142 valence electrons. The summed E-state index contributed by atoms with van der Waals surface area (Å²) in [5.74, 6) is -0.0748. The van der Waals surface area contributed by atoms with Crippen LogP contribution in [0.15, 0.2) is 24.3 Å². The van der Waals surface area contributed by atoms with E-state index in [1.165, 1.54) is 19.3 Å². The van der Waals surface area contributed by atoms with Gasteiger partial charge in [0.25, 0.3) is 5.91 Å². The number of sulfonamides is 1. The lowest BCUT2D eigenvalue weighted by Crippen LogP contribution is -2.55. The van der Waals surface area contributed by atoms with Crippen LogP contribution in [0.5, 0.6) is 0 Å². The van der Waals surface area contributed by atoms with Crippen molar-refractivity contribution in [2.75, 3.05) is 11.8 Å². The molecule has 2 heterocycles. The summed E-state index contributed by atoms with van der Waals surface area (Å²) in [7, 11) is -1.06. The number of amides is 1. The Morgan fingerprint density at radius 3 is 2.23 bits per heavy atom. The Labute approximate surface area is 155 Å². The number of carbonyl (C=O) groups excluding carboxylic acids is 1. The first-order valence-corrected chi connectivity index (χ1v) is 11.1. The van der Waals surface area contributed by atoms with Crippen LogP contribution in [0.2, 0.25) is 0 Å². The summed E-state index contributed by atoms with van der Waals surface area (Å²) >= 11 is 0. The van der Waals surface area contributed by atoms with Gasteiger partial charge in [0.05, 0.1) is 5.25 Å². The second-order valence-corrected chi connectivity index (χ2v) is 9.93. The minimum Gasteiger partial charge on any atom is -0.349 e. The van der Waals surface area contributed by atoms with Crippen LogP contribution in [0.1, 0.15) is 55.3 Å². The summed E-state index contributed by atoms with van der Waals surface area (Å²) in [5.41, 5.74) is 1.09. The maximum absolute atomic E-state index is 12.6. The van der Waals surface area contributed by atoms with Gasteiger partial charge in [-0.15, -0.1) is 0 Å². The highest BCUT2D eigenvalue weighted by atomic mass is 32.2. The smallest absolute Gasteiger partial charge is 0.251 e. The van der Waals surface area contributed by atoms with E-state index in [9.17, 15) is 13.2 Å². The van der Waals surface area contributed by atoms with Gasteiger partial charge in [0.2, 0.25) is 10.0 Å². The number of hydrogen-bond acceptors (Lipinski definition) is 4. The highest BCUT2D eigenvalue weighted by Gasteiger charge is 2.37. The Hall–Kier alpha value is -1.60. The highest BCUT2D eigenvalue weighted by Crippen LogP contribution is 2.33. The van der Waals surface area contributed by atoms with E-state index < -0.39 is 10.0 Å². The van der Waals surface area contributed by atoms with Gasteiger partial charge < -0.3 is 10.2 Å². The summed E-state index contributed by atoms with van der Waals surface area (Å²) < 4.78 is 26.5. The Kier molecular flexibility index (Phi) is 4.69. The molecule has 0 aromatic heterocycles. The molecule has 1 aromatic rings. The van der Waals surface area contributed by atoms with Gasteiger partial charge >= 0.3 is 0 Å². The van der Waals surface area contributed by atoms with Gasteiger partial charge in [-0.1, -0.05) is 6.42 Å².